The molecule has 2 atom stereocenters. The first-order valence-electron chi connectivity index (χ1n) is 12.3. The fraction of sp³-hybridized carbons (Fsp3) is 0.214. The Bertz CT molecular complexity index is 1550. The Labute approximate surface area is 227 Å². The lowest BCUT2D eigenvalue weighted by Gasteiger charge is -2.15. The summed E-state index contributed by atoms with van der Waals surface area (Å²) in [5.74, 6) is -0.144. The third-order valence-corrected chi connectivity index (χ3v) is 6.98. The van der Waals surface area contributed by atoms with Crippen LogP contribution in [-0.4, -0.2) is 38.0 Å². The molecule has 0 radical (unpaired) electrons. The fourth-order valence-corrected chi connectivity index (χ4v) is 4.80. The Balaban J connectivity index is 1.31. The van der Waals surface area contributed by atoms with E-state index in [1.807, 2.05) is 24.3 Å². The van der Waals surface area contributed by atoms with Gasteiger partial charge in [0, 0.05) is 24.3 Å². The van der Waals surface area contributed by atoms with Gasteiger partial charge in [0.15, 0.2) is 11.1 Å². The SMILES string of the molecule is CNCc1cc(NC(=O)CCCc2ccc(C(C=O)Nc3ccc4nc[nH]c(=O)c4c3)cc2)ccc1S(=O)O. The molecule has 0 fully saturated rings. The van der Waals surface area contributed by atoms with E-state index in [9.17, 15) is 23.1 Å². The van der Waals surface area contributed by atoms with Gasteiger partial charge in [-0.1, -0.05) is 24.3 Å². The Morgan fingerprint density at radius 3 is 2.59 bits per heavy atom. The number of nitrogens with one attached hydrogen (secondary N) is 4. The molecule has 1 aromatic heterocycles. The molecular formula is C28H29N5O5S. The molecule has 10 nitrogen and oxygen atoms in total. The van der Waals surface area contributed by atoms with E-state index in [4.69, 9.17) is 0 Å². The Morgan fingerprint density at radius 1 is 1.10 bits per heavy atom. The van der Waals surface area contributed by atoms with Gasteiger partial charge in [-0.15, -0.1) is 0 Å². The molecule has 0 spiro atoms. The third kappa shape index (κ3) is 7.23. The molecule has 2 unspecified atom stereocenters. The second kappa shape index (κ2) is 13.1. The molecule has 0 aliphatic carbocycles. The van der Waals surface area contributed by atoms with Crippen molar-refractivity contribution in [2.75, 3.05) is 17.7 Å². The molecule has 0 saturated carbocycles. The van der Waals surface area contributed by atoms with Crippen molar-refractivity contribution in [2.45, 2.75) is 36.7 Å². The number of hydrogen-bond acceptors (Lipinski definition) is 7. The highest BCUT2D eigenvalue weighted by Gasteiger charge is 2.13. The number of amides is 1. The molecule has 1 heterocycles. The van der Waals surface area contributed by atoms with Crippen LogP contribution in [0.2, 0.25) is 0 Å². The van der Waals surface area contributed by atoms with Gasteiger partial charge in [0.2, 0.25) is 5.91 Å². The van der Waals surface area contributed by atoms with Crippen LogP contribution in [0.4, 0.5) is 11.4 Å². The zero-order chi connectivity index (χ0) is 27.8. The standard InChI is InChI=1S/C28H29N5O5S/c1-29-15-20-13-21(10-12-26(20)39(37)38)33-27(35)4-2-3-18-5-7-19(8-6-18)25(16-34)32-22-9-11-24-23(14-22)28(36)31-17-30-24/h5-14,16-17,25,29,32H,2-4,15H2,1H3,(H,33,35)(H,37,38)(H,30,31,36). The zero-order valence-electron chi connectivity index (χ0n) is 21.3. The third-order valence-electron chi connectivity index (χ3n) is 6.21. The molecule has 3 aromatic carbocycles. The second-order valence-electron chi connectivity index (χ2n) is 8.97. The number of aldehydes is 1. The summed E-state index contributed by atoms with van der Waals surface area (Å²) < 4.78 is 20.9. The van der Waals surface area contributed by atoms with Crippen LogP contribution in [-0.2, 0) is 33.6 Å². The lowest BCUT2D eigenvalue weighted by molar-refractivity contribution is -0.116. The van der Waals surface area contributed by atoms with Crippen LogP contribution in [0, 0.1) is 0 Å². The number of aromatic nitrogens is 2. The Hall–Kier alpha value is -4.19. The van der Waals surface area contributed by atoms with Crippen molar-refractivity contribution < 1.29 is 18.4 Å². The van der Waals surface area contributed by atoms with Crippen molar-refractivity contribution in [3.8, 4) is 0 Å². The highest BCUT2D eigenvalue weighted by atomic mass is 32.2. The molecular weight excluding hydrogens is 518 g/mol. The van der Waals surface area contributed by atoms with Crippen LogP contribution < -0.4 is 21.5 Å². The summed E-state index contributed by atoms with van der Waals surface area (Å²) in [5, 5.41) is 9.38. The summed E-state index contributed by atoms with van der Waals surface area (Å²) in [6, 6.07) is 17.0. The van der Waals surface area contributed by atoms with Crippen LogP contribution in [0.5, 0.6) is 0 Å². The molecule has 0 aliphatic heterocycles. The molecule has 1 amide bonds. The van der Waals surface area contributed by atoms with Crippen molar-refractivity contribution in [1.29, 1.82) is 0 Å². The maximum Gasteiger partial charge on any atom is 0.258 e. The van der Waals surface area contributed by atoms with Gasteiger partial charge in [-0.3, -0.25) is 9.59 Å². The van der Waals surface area contributed by atoms with Crippen molar-refractivity contribution in [3.05, 3.63) is 94.0 Å². The summed E-state index contributed by atoms with van der Waals surface area (Å²) >= 11 is -2.10. The summed E-state index contributed by atoms with van der Waals surface area (Å²) in [6.45, 7) is 0.404. The van der Waals surface area contributed by atoms with E-state index in [0.717, 1.165) is 17.4 Å². The summed E-state index contributed by atoms with van der Waals surface area (Å²) in [7, 11) is 1.74. The normalized spacial score (nSPS) is 12.6. The highest BCUT2D eigenvalue weighted by molar-refractivity contribution is 7.79. The van der Waals surface area contributed by atoms with Crippen LogP contribution in [0.3, 0.4) is 0 Å². The molecule has 39 heavy (non-hydrogen) atoms. The van der Waals surface area contributed by atoms with Gasteiger partial charge in [-0.25, -0.2) is 9.19 Å². The lowest BCUT2D eigenvalue weighted by Crippen LogP contribution is -2.14. The minimum atomic E-state index is -2.10. The van der Waals surface area contributed by atoms with E-state index in [1.165, 1.54) is 12.4 Å². The first-order chi connectivity index (χ1) is 18.9. The van der Waals surface area contributed by atoms with Crippen molar-refractivity contribution >= 4 is 45.6 Å². The monoisotopic (exact) mass is 547 g/mol. The minimum Gasteiger partial charge on any atom is -0.372 e. The van der Waals surface area contributed by atoms with Crippen LogP contribution in [0.1, 0.15) is 35.6 Å². The predicted octanol–water partition coefficient (Wildman–Crippen LogP) is 3.54. The van der Waals surface area contributed by atoms with Gasteiger partial charge in [-0.2, -0.15) is 0 Å². The smallest absolute Gasteiger partial charge is 0.258 e. The number of H-pyrrole nitrogens is 1. The molecule has 0 saturated heterocycles. The van der Waals surface area contributed by atoms with Gasteiger partial charge in [0.1, 0.15) is 12.3 Å². The number of nitrogens with zero attached hydrogens (tertiary/aromatic N) is 1. The number of anilines is 2. The van der Waals surface area contributed by atoms with Gasteiger partial charge < -0.3 is 30.3 Å². The Morgan fingerprint density at radius 2 is 1.87 bits per heavy atom. The number of rotatable bonds is 12. The zero-order valence-corrected chi connectivity index (χ0v) is 22.1. The summed E-state index contributed by atoms with van der Waals surface area (Å²) in [4.78, 5) is 43.3. The van der Waals surface area contributed by atoms with Crippen molar-refractivity contribution in [3.63, 3.8) is 0 Å². The molecule has 11 heteroatoms. The first-order valence-corrected chi connectivity index (χ1v) is 13.4. The molecule has 4 rings (SSSR count). The lowest BCUT2D eigenvalue weighted by atomic mass is 10.0. The summed E-state index contributed by atoms with van der Waals surface area (Å²) in [5.41, 5.74) is 3.97. The predicted molar refractivity (Wildman–Crippen MR) is 151 cm³/mol. The number of benzene rings is 3. The van der Waals surface area contributed by atoms with Crippen molar-refractivity contribution in [2.24, 2.45) is 0 Å². The number of aromatic amines is 1. The minimum absolute atomic E-state index is 0.144. The molecule has 4 aromatic rings. The van der Waals surface area contributed by atoms with Crippen molar-refractivity contribution in [1.82, 2.24) is 15.3 Å². The van der Waals surface area contributed by atoms with E-state index in [-0.39, 0.29) is 11.5 Å². The number of fused-ring (bicyclic) bond motifs is 1. The van der Waals surface area contributed by atoms with Crippen LogP contribution in [0.15, 0.2) is 76.7 Å². The van der Waals surface area contributed by atoms with E-state index in [2.05, 4.69) is 25.9 Å². The Kier molecular flexibility index (Phi) is 9.31. The average molecular weight is 548 g/mol. The largest absolute Gasteiger partial charge is 0.372 e. The average Bonchev–Trinajstić information content (AvgIpc) is 2.93. The summed E-state index contributed by atoms with van der Waals surface area (Å²) in [6.07, 6.45) is 3.78. The van der Waals surface area contributed by atoms with Gasteiger partial charge in [0.05, 0.1) is 22.1 Å². The maximum absolute atomic E-state index is 12.4. The number of hydrogen-bond donors (Lipinski definition) is 5. The van der Waals surface area contributed by atoms with E-state index < -0.39 is 17.1 Å². The molecule has 0 bridgehead atoms. The van der Waals surface area contributed by atoms with Crippen LogP contribution in [0.25, 0.3) is 10.9 Å². The molecule has 5 N–H and O–H groups in total. The topological polar surface area (TPSA) is 153 Å². The number of carbonyl (C=O) groups is 2. The maximum atomic E-state index is 12.4. The van der Waals surface area contributed by atoms with E-state index in [0.29, 0.717) is 58.5 Å². The first kappa shape index (κ1) is 27.8. The molecule has 0 aliphatic rings. The number of aryl methyl sites for hydroxylation is 1. The van der Waals surface area contributed by atoms with Gasteiger partial charge >= 0.3 is 0 Å². The van der Waals surface area contributed by atoms with E-state index in [1.54, 1.807) is 37.4 Å². The van der Waals surface area contributed by atoms with Gasteiger partial charge in [0.25, 0.3) is 5.56 Å². The number of carbonyl (C=O) groups excluding carboxylic acids is 2. The second-order valence-corrected chi connectivity index (χ2v) is 9.91. The van der Waals surface area contributed by atoms with Crippen LogP contribution >= 0.6 is 0 Å². The van der Waals surface area contributed by atoms with E-state index >= 15 is 0 Å². The van der Waals surface area contributed by atoms with Gasteiger partial charge in [-0.05, 0) is 73.0 Å². The fourth-order valence-electron chi connectivity index (χ4n) is 4.26. The quantitative estimate of drug-likeness (QED) is 0.133. The highest BCUT2D eigenvalue weighted by Crippen LogP contribution is 2.22. The molecule has 202 valence electrons.